The van der Waals surface area contributed by atoms with Gasteiger partial charge in [0, 0.05) is 6.54 Å². The molecule has 114 valence electrons. The molecule has 21 heavy (non-hydrogen) atoms. The lowest BCUT2D eigenvalue weighted by Gasteiger charge is -2.21. The van der Waals surface area contributed by atoms with E-state index >= 15 is 0 Å². The summed E-state index contributed by atoms with van der Waals surface area (Å²) in [5.74, 6) is 0.320. The Morgan fingerprint density at radius 1 is 1.10 bits per heavy atom. The Morgan fingerprint density at radius 2 is 1.76 bits per heavy atom. The van der Waals surface area contributed by atoms with Crippen LogP contribution in [-0.4, -0.2) is 34.7 Å². The fourth-order valence-electron chi connectivity index (χ4n) is 3.21. The van der Waals surface area contributed by atoms with E-state index in [-0.39, 0.29) is 23.9 Å². The van der Waals surface area contributed by atoms with Crippen molar-refractivity contribution in [1.29, 1.82) is 0 Å². The first-order chi connectivity index (χ1) is 9.65. The molecule has 0 bridgehead atoms. The third-order valence-electron chi connectivity index (χ3n) is 4.27. The lowest BCUT2D eigenvalue weighted by Crippen LogP contribution is -2.24. The predicted octanol–water partition coefficient (Wildman–Crippen LogP) is 3.87. The fourth-order valence-corrected chi connectivity index (χ4v) is 3.21. The van der Waals surface area contributed by atoms with Crippen LogP contribution < -0.4 is 0 Å². The summed E-state index contributed by atoms with van der Waals surface area (Å²) >= 11 is 0. The topological polar surface area (TPSA) is 43.7 Å². The van der Waals surface area contributed by atoms with Gasteiger partial charge in [0.15, 0.2) is 11.5 Å². The Hall–Kier alpha value is -1.45. The first-order valence-electron chi connectivity index (χ1n) is 7.32. The summed E-state index contributed by atoms with van der Waals surface area (Å²) in [6.45, 7) is 5.68. The maximum absolute atomic E-state index is 9.75. The highest BCUT2D eigenvalue weighted by Gasteiger charge is 2.17. The number of likely N-dealkylation sites (tertiary alicyclic amines) is 1. The van der Waals surface area contributed by atoms with Crippen molar-refractivity contribution in [2.75, 3.05) is 19.6 Å². The zero-order valence-corrected chi connectivity index (χ0v) is 13.1. The van der Waals surface area contributed by atoms with E-state index in [1.54, 1.807) is 12.1 Å². The van der Waals surface area contributed by atoms with Gasteiger partial charge in [0.05, 0.1) is 0 Å². The van der Waals surface area contributed by atoms with Gasteiger partial charge in [0.2, 0.25) is 0 Å². The molecule has 1 atom stereocenters. The smallest absolute Gasteiger partial charge is 0.158 e. The highest BCUT2D eigenvalue weighted by Crippen LogP contribution is 2.34. The molecule has 1 aliphatic heterocycles. The summed E-state index contributed by atoms with van der Waals surface area (Å²) < 4.78 is 0. The van der Waals surface area contributed by atoms with E-state index in [2.05, 4.69) is 17.9 Å². The molecule has 4 heteroatoms. The summed E-state index contributed by atoms with van der Waals surface area (Å²) in [5.41, 5.74) is 1.24. The van der Waals surface area contributed by atoms with E-state index < -0.39 is 0 Å². The second-order valence-corrected chi connectivity index (χ2v) is 5.82. The molecule has 0 aliphatic carbocycles. The lowest BCUT2D eigenvalue weighted by molar-refractivity contribution is 0.321. The normalized spacial score (nSPS) is 16.8. The summed E-state index contributed by atoms with van der Waals surface area (Å²) in [5, 5.41) is 21.4. The monoisotopic (exact) mass is 307 g/mol. The predicted molar refractivity (Wildman–Crippen MR) is 88.6 cm³/mol. The summed E-state index contributed by atoms with van der Waals surface area (Å²) in [6, 6.07) is 9.44. The minimum Gasteiger partial charge on any atom is -0.504 e. The second kappa shape index (κ2) is 6.54. The average Bonchev–Trinajstić information content (AvgIpc) is 2.92. The van der Waals surface area contributed by atoms with Crippen LogP contribution in [0.3, 0.4) is 0 Å². The van der Waals surface area contributed by atoms with Crippen LogP contribution in [0.15, 0.2) is 30.3 Å². The van der Waals surface area contributed by atoms with Crippen molar-refractivity contribution >= 4 is 23.2 Å². The standard InChI is InChI=1S/C17H21NO2.ClH/c1-12(11-18-7-2-3-8-18)14-6-4-5-13-9-16(19)17(20)10-15(13)14;/h4-6,9-10,12,19-20H,2-3,7-8,11H2,1H3;1H. The maximum Gasteiger partial charge on any atom is 0.158 e. The third kappa shape index (κ3) is 3.25. The van der Waals surface area contributed by atoms with Gasteiger partial charge in [-0.05, 0) is 60.3 Å². The quantitative estimate of drug-likeness (QED) is 0.846. The fraction of sp³-hybridized carbons (Fsp3) is 0.412. The van der Waals surface area contributed by atoms with E-state index in [0.717, 1.165) is 17.3 Å². The van der Waals surface area contributed by atoms with Crippen LogP contribution in [0, 0.1) is 0 Å². The number of hydrogen-bond donors (Lipinski definition) is 2. The van der Waals surface area contributed by atoms with Crippen molar-refractivity contribution < 1.29 is 10.2 Å². The molecule has 2 aromatic rings. The lowest BCUT2D eigenvalue weighted by atomic mass is 9.94. The average molecular weight is 308 g/mol. The number of nitrogens with zero attached hydrogens (tertiary/aromatic N) is 1. The number of halogens is 1. The highest BCUT2D eigenvalue weighted by atomic mass is 35.5. The number of aromatic hydroxyl groups is 2. The van der Waals surface area contributed by atoms with Crippen LogP contribution in [0.5, 0.6) is 11.5 Å². The molecule has 3 nitrogen and oxygen atoms in total. The van der Waals surface area contributed by atoms with Crippen molar-refractivity contribution in [3.8, 4) is 11.5 Å². The second-order valence-electron chi connectivity index (χ2n) is 5.82. The van der Waals surface area contributed by atoms with Crippen LogP contribution in [-0.2, 0) is 0 Å². The van der Waals surface area contributed by atoms with Gasteiger partial charge in [-0.2, -0.15) is 0 Å². The molecule has 2 N–H and O–H groups in total. The maximum atomic E-state index is 9.75. The molecule has 1 aliphatic rings. The number of benzene rings is 2. The van der Waals surface area contributed by atoms with E-state index in [1.807, 2.05) is 12.1 Å². The third-order valence-corrected chi connectivity index (χ3v) is 4.27. The van der Waals surface area contributed by atoms with Crippen molar-refractivity contribution in [3.63, 3.8) is 0 Å². The molecule has 0 amide bonds. The van der Waals surface area contributed by atoms with Gasteiger partial charge in [0.25, 0.3) is 0 Å². The molecule has 2 aromatic carbocycles. The molecule has 0 saturated carbocycles. The van der Waals surface area contributed by atoms with Crippen molar-refractivity contribution in [3.05, 3.63) is 35.9 Å². The first-order valence-corrected chi connectivity index (χ1v) is 7.32. The summed E-state index contributed by atoms with van der Waals surface area (Å²) in [4.78, 5) is 2.50. The number of hydrogen-bond acceptors (Lipinski definition) is 3. The molecule has 0 radical (unpaired) electrons. The zero-order valence-electron chi connectivity index (χ0n) is 12.2. The van der Waals surface area contributed by atoms with Gasteiger partial charge in [-0.15, -0.1) is 12.4 Å². The van der Waals surface area contributed by atoms with Gasteiger partial charge in [-0.1, -0.05) is 25.1 Å². The SMILES string of the molecule is CC(CN1CCCC1)c1cccc2cc(O)c(O)cc12.Cl. The van der Waals surface area contributed by atoms with Gasteiger partial charge in [0.1, 0.15) is 0 Å². The van der Waals surface area contributed by atoms with E-state index in [1.165, 1.54) is 31.5 Å². The van der Waals surface area contributed by atoms with Crippen molar-refractivity contribution in [1.82, 2.24) is 4.90 Å². The van der Waals surface area contributed by atoms with Gasteiger partial charge in [-0.25, -0.2) is 0 Å². The molecular weight excluding hydrogens is 286 g/mol. The molecule has 3 rings (SSSR count). The van der Waals surface area contributed by atoms with Gasteiger partial charge in [-0.3, -0.25) is 0 Å². The van der Waals surface area contributed by atoms with Crippen LogP contribution in [0.4, 0.5) is 0 Å². The zero-order chi connectivity index (χ0) is 14.1. The molecule has 1 saturated heterocycles. The number of phenolic OH excluding ortho intramolecular Hbond substituents is 2. The largest absolute Gasteiger partial charge is 0.504 e. The molecule has 1 heterocycles. The van der Waals surface area contributed by atoms with Crippen LogP contribution >= 0.6 is 12.4 Å². The number of fused-ring (bicyclic) bond motifs is 1. The molecule has 1 fully saturated rings. The summed E-state index contributed by atoms with van der Waals surface area (Å²) in [7, 11) is 0. The van der Waals surface area contributed by atoms with Crippen LogP contribution in [0.2, 0.25) is 0 Å². The first kappa shape index (κ1) is 15.9. The van der Waals surface area contributed by atoms with Crippen molar-refractivity contribution in [2.45, 2.75) is 25.7 Å². The number of rotatable bonds is 3. The number of phenols is 2. The Bertz CT molecular complexity index is 623. The van der Waals surface area contributed by atoms with Crippen LogP contribution in [0.1, 0.15) is 31.2 Å². The Balaban J connectivity index is 0.00000161. The molecule has 0 aromatic heterocycles. The molecule has 1 unspecified atom stereocenters. The highest BCUT2D eigenvalue weighted by molar-refractivity contribution is 5.89. The Kier molecular flexibility index (Phi) is 4.96. The van der Waals surface area contributed by atoms with Gasteiger partial charge >= 0.3 is 0 Å². The van der Waals surface area contributed by atoms with Crippen LogP contribution in [0.25, 0.3) is 10.8 Å². The Labute approximate surface area is 131 Å². The van der Waals surface area contributed by atoms with Gasteiger partial charge < -0.3 is 15.1 Å². The minimum atomic E-state index is -0.0538. The van der Waals surface area contributed by atoms with E-state index in [0.29, 0.717) is 5.92 Å². The minimum absolute atomic E-state index is 0. The molecular formula is C17H22ClNO2. The van der Waals surface area contributed by atoms with Crippen molar-refractivity contribution in [2.24, 2.45) is 0 Å². The summed E-state index contributed by atoms with van der Waals surface area (Å²) in [6.07, 6.45) is 2.60. The Morgan fingerprint density at radius 3 is 2.48 bits per heavy atom. The van der Waals surface area contributed by atoms with E-state index in [9.17, 15) is 10.2 Å². The van der Waals surface area contributed by atoms with E-state index in [4.69, 9.17) is 0 Å². The molecule has 0 spiro atoms.